The van der Waals surface area contributed by atoms with E-state index in [2.05, 4.69) is 26.8 Å². The van der Waals surface area contributed by atoms with Gasteiger partial charge in [0.2, 0.25) is 0 Å². The van der Waals surface area contributed by atoms with Gasteiger partial charge >= 0.3 is 5.97 Å². The molecule has 0 N–H and O–H groups in total. The Kier molecular flexibility index (Phi) is 4.79. The number of ether oxygens (including phenoxy) is 1. The Morgan fingerprint density at radius 3 is 2.70 bits per heavy atom. The Hall–Kier alpha value is -1.12. The first kappa shape index (κ1) is 19.2. The van der Waals surface area contributed by atoms with Crippen LogP contribution >= 0.6 is 0 Å². The molecule has 0 amide bonds. The summed E-state index contributed by atoms with van der Waals surface area (Å²) in [4.78, 5) is 23.2. The fraction of sp³-hybridized carbons (Fsp3) is 0.833. The number of carbonyl (C=O) groups excluding carboxylic acids is 2. The Morgan fingerprint density at radius 2 is 1.96 bits per heavy atom. The summed E-state index contributed by atoms with van der Waals surface area (Å²) in [6.07, 6.45) is 12.6. The van der Waals surface area contributed by atoms with Crippen LogP contribution < -0.4 is 0 Å². The van der Waals surface area contributed by atoms with Gasteiger partial charge in [0.05, 0.1) is 6.61 Å². The van der Waals surface area contributed by atoms with Crippen molar-refractivity contribution < 1.29 is 14.3 Å². The Labute approximate surface area is 164 Å². The predicted octanol–water partition coefficient (Wildman–Crippen LogP) is 5.19. The van der Waals surface area contributed by atoms with Crippen LogP contribution in [-0.2, 0) is 14.3 Å². The molecule has 0 heterocycles. The summed E-state index contributed by atoms with van der Waals surface area (Å²) < 4.78 is 5.36. The summed E-state index contributed by atoms with van der Waals surface area (Å²) in [6.45, 7) is 9.33. The van der Waals surface area contributed by atoms with Gasteiger partial charge in [-0.3, -0.25) is 9.59 Å². The molecular formula is C24H36O3. The third-order valence-corrected chi connectivity index (χ3v) is 9.35. The topological polar surface area (TPSA) is 43.4 Å². The lowest BCUT2D eigenvalue weighted by molar-refractivity contribution is -0.144. The molecule has 0 radical (unpaired) electrons. The molecule has 3 saturated carbocycles. The molecule has 0 aliphatic heterocycles. The highest BCUT2D eigenvalue weighted by molar-refractivity contribution is 5.91. The van der Waals surface area contributed by atoms with Crippen molar-refractivity contribution in [1.29, 1.82) is 0 Å². The normalized spacial score (nSPS) is 47.0. The third-order valence-electron chi connectivity index (χ3n) is 9.35. The lowest BCUT2D eigenvalue weighted by Crippen LogP contribution is -2.52. The maximum absolute atomic E-state index is 12.0. The van der Waals surface area contributed by atoms with E-state index in [-0.39, 0.29) is 11.4 Å². The molecule has 0 saturated heterocycles. The molecular weight excluding hydrogens is 336 g/mol. The predicted molar refractivity (Wildman–Crippen MR) is 106 cm³/mol. The molecule has 5 unspecified atom stereocenters. The van der Waals surface area contributed by atoms with Crippen molar-refractivity contribution in [2.24, 2.45) is 46.3 Å². The van der Waals surface area contributed by atoms with Crippen LogP contribution in [0.4, 0.5) is 0 Å². The van der Waals surface area contributed by atoms with Gasteiger partial charge in [0, 0.05) is 13.3 Å². The minimum absolute atomic E-state index is 0.157. The summed E-state index contributed by atoms with van der Waals surface area (Å²) in [5.41, 5.74) is 0.609. The van der Waals surface area contributed by atoms with E-state index in [4.69, 9.17) is 4.74 Å². The highest BCUT2D eigenvalue weighted by Gasteiger charge is 2.60. The average Bonchev–Trinajstić information content (AvgIpc) is 2.97. The maximum atomic E-state index is 12.0. The highest BCUT2D eigenvalue weighted by Crippen LogP contribution is 2.67. The van der Waals surface area contributed by atoms with Crippen molar-refractivity contribution in [3.8, 4) is 0 Å². The average molecular weight is 373 g/mol. The molecule has 150 valence electrons. The summed E-state index contributed by atoms with van der Waals surface area (Å²) in [5.74, 6) is 4.17. The van der Waals surface area contributed by atoms with Crippen LogP contribution in [0.5, 0.6) is 0 Å². The number of hydrogen-bond acceptors (Lipinski definition) is 3. The van der Waals surface area contributed by atoms with Crippen molar-refractivity contribution in [2.75, 3.05) is 6.61 Å². The van der Waals surface area contributed by atoms with Crippen LogP contribution in [0.25, 0.3) is 0 Å². The second-order valence-electron chi connectivity index (χ2n) is 10.5. The lowest BCUT2D eigenvalue weighted by atomic mass is 9.45. The SMILES string of the molecule is CC(=O)OCC(C)[C@H]1CCC2C3CCC4CC(=O)C=C[C@]4(C)C3CC[C@@]21C. The standard InChI is InChI=1S/C24H36O3/c1-15(14-27-16(2)25)20-7-8-21-19-6-5-17-13-18(26)9-11-23(17,3)22(19)10-12-24(20,21)4/h9,11,15,17,19-22H,5-8,10,12-14H2,1-4H3/t15?,17?,19?,20-,21?,22?,23+,24-/m1/s1. The highest BCUT2D eigenvalue weighted by atomic mass is 16.5. The number of hydrogen-bond donors (Lipinski definition) is 0. The first-order chi connectivity index (χ1) is 12.8. The van der Waals surface area contributed by atoms with Gasteiger partial charge in [0.1, 0.15) is 0 Å². The van der Waals surface area contributed by atoms with Gasteiger partial charge in [-0.15, -0.1) is 0 Å². The molecule has 8 atom stereocenters. The van der Waals surface area contributed by atoms with Crippen molar-refractivity contribution >= 4 is 11.8 Å². The van der Waals surface area contributed by atoms with E-state index in [1.165, 1.54) is 45.4 Å². The number of esters is 1. The van der Waals surface area contributed by atoms with Crippen LogP contribution in [0.1, 0.15) is 72.6 Å². The molecule has 0 aromatic heterocycles. The van der Waals surface area contributed by atoms with Gasteiger partial charge in [-0.05, 0) is 90.9 Å². The molecule has 4 aliphatic rings. The largest absolute Gasteiger partial charge is 0.466 e. The maximum Gasteiger partial charge on any atom is 0.302 e. The summed E-state index contributed by atoms with van der Waals surface area (Å²) in [5, 5.41) is 0. The smallest absolute Gasteiger partial charge is 0.302 e. The van der Waals surface area contributed by atoms with Gasteiger partial charge in [-0.1, -0.05) is 26.8 Å². The zero-order valence-corrected chi connectivity index (χ0v) is 17.5. The minimum atomic E-state index is -0.157. The van der Waals surface area contributed by atoms with Crippen LogP contribution in [0, 0.1) is 46.3 Å². The van der Waals surface area contributed by atoms with Gasteiger partial charge in [-0.2, -0.15) is 0 Å². The van der Waals surface area contributed by atoms with Crippen molar-refractivity contribution in [1.82, 2.24) is 0 Å². The van der Waals surface area contributed by atoms with E-state index in [1.54, 1.807) is 0 Å². The molecule has 27 heavy (non-hydrogen) atoms. The van der Waals surface area contributed by atoms with Gasteiger partial charge in [0.15, 0.2) is 5.78 Å². The zero-order chi connectivity index (χ0) is 19.4. The fourth-order valence-electron chi connectivity index (χ4n) is 7.97. The van der Waals surface area contributed by atoms with E-state index in [1.807, 2.05) is 6.08 Å². The summed E-state index contributed by atoms with van der Waals surface area (Å²) in [6, 6.07) is 0. The number of allylic oxidation sites excluding steroid dienone is 2. The fourth-order valence-corrected chi connectivity index (χ4v) is 7.97. The first-order valence-corrected chi connectivity index (χ1v) is 11.1. The third kappa shape index (κ3) is 3.00. The second kappa shape index (κ2) is 6.74. The van der Waals surface area contributed by atoms with Gasteiger partial charge in [-0.25, -0.2) is 0 Å². The number of carbonyl (C=O) groups is 2. The summed E-state index contributed by atoms with van der Waals surface area (Å²) >= 11 is 0. The molecule has 3 fully saturated rings. The van der Waals surface area contributed by atoms with E-state index < -0.39 is 0 Å². The second-order valence-corrected chi connectivity index (χ2v) is 10.5. The monoisotopic (exact) mass is 372 g/mol. The van der Waals surface area contributed by atoms with E-state index in [9.17, 15) is 9.59 Å². The quantitative estimate of drug-likeness (QED) is 0.640. The molecule has 4 rings (SSSR count). The molecule has 0 aromatic rings. The van der Waals surface area contributed by atoms with E-state index in [0.29, 0.717) is 35.6 Å². The van der Waals surface area contributed by atoms with Gasteiger partial charge < -0.3 is 4.74 Å². The number of fused-ring (bicyclic) bond motifs is 5. The van der Waals surface area contributed by atoms with Gasteiger partial charge in [0.25, 0.3) is 0 Å². The Balaban J connectivity index is 1.54. The Bertz CT molecular complexity index is 652. The van der Waals surface area contributed by atoms with Crippen LogP contribution in [-0.4, -0.2) is 18.4 Å². The van der Waals surface area contributed by atoms with Crippen molar-refractivity contribution in [3.05, 3.63) is 12.2 Å². The number of rotatable bonds is 3. The van der Waals surface area contributed by atoms with Crippen LogP contribution in [0.2, 0.25) is 0 Å². The lowest BCUT2D eigenvalue weighted by Gasteiger charge is -2.59. The number of ketones is 1. The molecule has 0 aromatic carbocycles. The first-order valence-electron chi connectivity index (χ1n) is 11.1. The molecule has 4 aliphatic carbocycles. The molecule has 3 heteroatoms. The van der Waals surface area contributed by atoms with Crippen molar-refractivity contribution in [2.45, 2.75) is 72.6 Å². The Morgan fingerprint density at radius 1 is 1.19 bits per heavy atom. The van der Waals surface area contributed by atoms with E-state index >= 15 is 0 Å². The molecule has 3 nitrogen and oxygen atoms in total. The summed E-state index contributed by atoms with van der Waals surface area (Å²) in [7, 11) is 0. The van der Waals surface area contributed by atoms with Crippen LogP contribution in [0.3, 0.4) is 0 Å². The molecule has 0 spiro atoms. The minimum Gasteiger partial charge on any atom is -0.466 e. The van der Waals surface area contributed by atoms with Crippen LogP contribution in [0.15, 0.2) is 12.2 Å². The van der Waals surface area contributed by atoms with E-state index in [0.717, 1.165) is 24.2 Å². The van der Waals surface area contributed by atoms with Crippen molar-refractivity contribution in [3.63, 3.8) is 0 Å². The molecule has 0 bridgehead atoms. The zero-order valence-electron chi connectivity index (χ0n) is 17.5.